The summed E-state index contributed by atoms with van der Waals surface area (Å²) < 4.78 is 0. The molecule has 0 spiro atoms. The molecule has 2 atom stereocenters. The number of nitrogens with one attached hydrogen (secondary N) is 1. The fourth-order valence-electron chi connectivity index (χ4n) is 0.786. The molecule has 2 heteroatoms. The van der Waals surface area contributed by atoms with Crippen molar-refractivity contribution in [1.82, 2.24) is 5.32 Å². The third kappa shape index (κ3) is 1.35. The minimum atomic E-state index is 0.690. The summed E-state index contributed by atoms with van der Waals surface area (Å²) in [5, 5.41) is 4.07. The molecule has 2 unspecified atom stereocenters. The van der Waals surface area contributed by atoms with Crippen LogP contribution in [0.1, 0.15) is 13.8 Å². The maximum absolute atomic E-state index is 3.38. The third-order valence-corrected chi connectivity index (χ3v) is 2.44. The number of hydrogen-bond donors (Lipinski definition) is 1. The van der Waals surface area contributed by atoms with Gasteiger partial charge in [0, 0.05) is 11.8 Å². The second-order valence-corrected chi connectivity index (χ2v) is 3.42. The van der Waals surface area contributed by atoms with Gasteiger partial charge in [-0.1, -0.05) is 0 Å². The van der Waals surface area contributed by atoms with Crippen LogP contribution in [0.5, 0.6) is 0 Å². The molecule has 0 radical (unpaired) electrons. The Kier molecular flexibility index (Phi) is 1.60. The highest BCUT2D eigenvalue weighted by Gasteiger charge is 2.14. The van der Waals surface area contributed by atoms with Crippen molar-refractivity contribution >= 4 is 11.8 Å². The molecular weight excluding hydrogens is 106 g/mol. The zero-order valence-electron chi connectivity index (χ0n) is 4.77. The van der Waals surface area contributed by atoms with E-state index < -0.39 is 0 Å². The Bertz CT molecular complexity index is 57.1. The smallest absolute Gasteiger partial charge is 0.0506 e. The lowest BCUT2D eigenvalue weighted by Crippen LogP contribution is -2.24. The molecule has 1 rings (SSSR count). The van der Waals surface area contributed by atoms with Crippen LogP contribution < -0.4 is 5.32 Å². The van der Waals surface area contributed by atoms with Crippen molar-refractivity contribution in [2.75, 3.05) is 5.75 Å². The third-order valence-electron chi connectivity index (χ3n) is 1.12. The topological polar surface area (TPSA) is 12.0 Å². The van der Waals surface area contributed by atoms with Gasteiger partial charge in [0.2, 0.25) is 0 Å². The minimum absolute atomic E-state index is 0.690. The van der Waals surface area contributed by atoms with Gasteiger partial charge in [-0.3, -0.25) is 0 Å². The normalized spacial score (nSPS) is 42.0. The van der Waals surface area contributed by atoms with E-state index in [0.717, 1.165) is 6.04 Å². The number of hydrogen-bond acceptors (Lipinski definition) is 2. The molecule has 7 heavy (non-hydrogen) atoms. The molecule has 42 valence electrons. The molecule has 1 aliphatic heterocycles. The van der Waals surface area contributed by atoms with Gasteiger partial charge in [-0.05, 0) is 13.8 Å². The van der Waals surface area contributed by atoms with Crippen molar-refractivity contribution in [1.29, 1.82) is 0 Å². The van der Waals surface area contributed by atoms with Crippen molar-refractivity contribution in [3.8, 4) is 0 Å². The van der Waals surface area contributed by atoms with Crippen LogP contribution in [0.15, 0.2) is 0 Å². The second-order valence-electron chi connectivity index (χ2n) is 2.04. The van der Waals surface area contributed by atoms with Crippen molar-refractivity contribution < 1.29 is 0 Å². The van der Waals surface area contributed by atoms with E-state index in [0.29, 0.717) is 5.37 Å². The predicted molar refractivity (Wildman–Crippen MR) is 34.5 cm³/mol. The zero-order valence-corrected chi connectivity index (χ0v) is 5.59. The Balaban J connectivity index is 2.26. The molecule has 1 fully saturated rings. The number of thioether (sulfide) groups is 1. The van der Waals surface area contributed by atoms with E-state index in [9.17, 15) is 0 Å². The first-order chi connectivity index (χ1) is 3.29. The fourth-order valence-corrected chi connectivity index (χ4v) is 1.79. The standard InChI is InChI=1S/C5H11NS/c1-4-3-7-5(2)6-4/h4-6H,3H2,1-2H3. The van der Waals surface area contributed by atoms with E-state index in [4.69, 9.17) is 0 Å². The molecule has 0 aromatic rings. The summed E-state index contributed by atoms with van der Waals surface area (Å²) in [6, 6.07) is 0.736. The Labute approximate surface area is 48.9 Å². The Hall–Kier alpha value is 0.310. The van der Waals surface area contributed by atoms with Crippen LogP contribution >= 0.6 is 11.8 Å². The molecule has 0 amide bonds. The van der Waals surface area contributed by atoms with E-state index in [-0.39, 0.29) is 0 Å². The molecule has 1 saturated heterocycles. The average molecular weight is 117 g/mol. The highest BCUT2D eigenvalue weighted by molar-refractivity contribution is 8.00. The molecule has 0 aromatic carbocycles. The molecule has 0 aromatic heterocycles. The van der Waals surface area contributed by atoms with E-state index >= 15 is 0 Å². The predicted octanol–water partition coefficient (Wildman–Crippen LogP) is 1.06. The van der Waals surface area contributed by atoms with Crippen LogP contribution in [0.25, 0.3) is 0 Å². The summed E-state index contributed by atoms with van der Waals surface area (Å²) in [6.45, 7) is 4.42. The SMILES string of the molecule is CC1CSC(C)N1. The maximum atomic E-state index is 3.38. The van der Waals surface area contributed by atoms with Gasteiger partial charge in [0.1, 0.15) is 0 Å². The van der Waals surface area contributed by atoms with Crippen LogP contribution in [0.4, 0.5) is 0 Å². The first kappa shape index (κ1) is 5.45. The molecule has 1 nitrogen and oxygen atoms in total. The van der Waals surface area contributed by atoms with Gasteiger partial charge in [0.05, 0.1) is 5.37 Å². The van der Waals surface area contributed by atoms with Crippen molar-refractivity contribution in [3.63, 3.8) is 0 Å². The first-order valence-electron chi connectivity index (χ1n) is 2.66. The summed E-state index contributed by atoms with van der Waals surface area (Å²) in [6.07, 6.45) is 0. The second kappa shape index (κ2) is 2.05. The summed E-state index contributed by atoms with van der Waals surface area (Å²) in [7, 11) is 0. The van der Waals surface area contributed by atoms with Crippen molar-refractivity contribution in [2.45, 2.75) is 25.3 Å². The van der Waals surface area contributed by atoms with E-state index in [1.165, 1.54) is 5.75 Å². The lowest BCUT2D eigenvalue weighted by molar-refractivity contribution is 0.626. The van der Waals surface area contributed by atoms with Gasteiger partial charge in [-0.2, -0.15) is 0 Å². The highest BCUT2D eigenvalue weighted by atomic mass is 32.2. The summed E-state index contributed by atoms with van der Waals surface area (Å²) >= 11 is 1.99. The van der Waals surface area contributed by atoms with Crippen LogP contribution in [0, 0.1) is 0 Å². The molecule has 1 heterocycles. The summed E-state index contributed by atoms with van der Waals surface area (Å²) in [5.41, 5.74) is 0. The fraction of sp³-hybridized carbons (Fsp3) is 1.00. The first-order valence-corrected chi connectivity index (χ1v) is 3.71. The lowest BCUT2D eigenvalue weighted by Gasteiger charge is -2.00. The largest absolute Gasteiger partial charge is 0.302 e. The lowest BCUT2D eigenvalue weighted by atomic mass is 10.4. The Morgan fingerprint density at radius 1 is 1.57 bits per heavy atom. The van der Waals surface area contributed by atoms with Crippen LogP contribution in [-0.4, -0.2) is 17.2 Å². The van der Waals surface area contributed by atoms with Gasteiger partial charge in [-0.15, -0.1) is 11.8 Å². The molecule has 0 aliphatic carbocycles. The molecule has 0 saturated carbocycles. The van der Waals surface area contributed by atoms with E-state index in [2.05, 4.69) is 19.2 Å². The highest BCUT2D eigenvalue weighted by Crippen LogP contribution is 2.16. The van der Waals surface area contributed by atoms with Crippen molar-refractivity contribution in [3.05, 3.63) is 0 Å². The van der Waals surface area contributed by atoms with Gasteiger partial charge in [0.15, 0.2) is 0 Å². The van der Waals surface area contributed by atoms with Gasteiger partial charge >= 0.3 is 0 Å². The van der Waals surface area contributed by atoms with E-state index in [1.807, 2.05) is 11.8 Å². The van der Waals surface area contributed by atoms with Crippen molar-refractivity contribution in [2.24, 2.45) is 0 Å². The van der Waals surface area contributed by atoms with Gasteiger partial charge < -0.3 is 5.32 Å². The molecule has 0 bridgehead atoms. The monoisotopic (exact) mass is 117 g/mol. The van der Waals surface area contributed by atoms with Gasteiger partial charge in [0.25, 0.3) is 0 Å². The quantitative estimate of drug-likeness (QED) is 0.509. The summed E-state index contributed by atoms with van der Waals surface area (Å²) in [5.74, 6) is 1.28. The Morgan fingerprint density at radius 3 is 2.43 bits per heavy atom. The zero-order chi connectivity index (χ0) is 5.28. The van der Waals surface area contributed by atoms with Crippen LogP contribution in [-0.2, 0) is 0 Å². The number of rotatable bonds is 0. The average Bonchev–Trinajstić information content (AvgIpc) is 1.87. The molecular formula is C5H11NS. The van der Waals surface area contributed by atoms with Gasteiger partial charge in [-0.25, -0.2) is 0 Å². The van der Waals surface area contributed by atoms with Crippen LogP contribution in [0.2, 0.25) is 0 Å². The Morgan fingerprint density at radius 2 is 2.29 bits per heavy atom. The maximum Gasteiger partial charge on any atom is 0.0506 e. The summed E-state index contributed by atoms with van der Waals surface area (Å²) in [4.78, 5) is 0. The molecule has 1 aliphatic rings. The van der Waals surface area contributed by atoms with E-state index in [1.54, 1.807) is 0 Å². The minimum Gasteiger partial charge on any atom is -0.302 e. The molecule has 1 N–H and O–H groups in total. The van der Waals surface area contributed by atoms with Crippen LogP contribution in [0.3, 0.4) is 0 Å².